The number of amides is 3. The van der Waals surface area contributed by atoms with Crippen LogP contribution in [0.15, 0.2) is 30.4 Å². The number of nitrogens with zero attached hydrogens (tertiary/aromatic N) is 1. The van der Waals surface area contributed by atoms with E-state index in [-0.39, 0.29) is 39.9 Å². The molecule has 0 radical (unpaired) electrons. The molecule has 6 heteroatoms. The third-order valence-corrected chi connectivity index (χ3v) is 4.30. The van der Waals surface area contributed by atoms with Crippen molar-refractivity contribution >= 4 is 35.0 Å². The summed E-state index contributed by atoms with van der Waals surface area (Å²) in [6, 6.07) is 4.33. The van der Waals surface area contributed by atoms with E-state index >= 15 is 0 Å². The minimum atomic E-state index is -0.633. The van der Waals surface area contributed by atoms with Crippen LogP contribution in [0, 0.1) is 11.8 Å². The van der Waals surface area contributed by atoms with Gasteiger partial charge in [0, 0.05) is 5.56 Å². The van der Waals surface area contributed by atoms with Gasteiger partial charge in [-0.1, -0.05) is 23.8 Å². The average Bonchev–Trinajstić information content (AvgIpc) is 2.72. The summed E-state index contributed by atoms with van der Waals surface area (Å²) >= 11 is 6.10. The van der Waals surface area contributed by atoms with Crippen LogP contribution in [0.5, 0.6) is 0 Å². The van der Waals surface area contributed by atoms with Gasteiger partial charge in [0.15, 0.2) is 0 Å². The van der Waals surface area contributed by atoms with Crippen molar-refractivity contribution < 1.29 is 14.4 Å². The number of halogens is 1. The molecule has 3 amide bonds. The second-order valence-electron chi connectivity index (χ2n) is 5.20. The van der Waals surface area contributed by atoms with E-state index in [0.717, 1.165) is 4.90 Å². The largest absolute Gasteiger partial charge is 0.366 e. The zero-order valence-electron chi connectivity index (χ0n) is 11.1. The fourth-order valence-corrected chi connectivity index (χ4v) is 3.08. The summed E-state index contributed by atoms with van der Waals surface area (Å²) < 4.78 is 0. The van der Waals surface area contributed by atoms with Crippen molar-refractivity contribution in [3.63, 3.8) is 0 Å². The van der Waals surface area contributed by atoms with Crippen LogP contribution < -0.4 is 10.6 Å². The Bertz CT molecular complexity index is 657. The van der Waals surface area contributed by atoms with E-state index in [9.17, 15) is 14.4 Å². The van der Waals surface area contributed by atoms with Crippen molar-refractivity contribution in [2.75, 3.05) is 4.90 Å². The molecule has 2 atom stereocenters. The van der Waals surface area contributed by atoms with Crippen molar-refractivity contribution in [1.29, 1.82) is 0 Å². The zero-order chi connectivity index (χ0) is 15.1. The Hall–Kier alpha value is -2.14. The Labute approximate surface area is 126 Å². The van der Waals surface area contributed by atoms with E-state index < -0.39 is 5.91 Å². The topological polar surface area (TPSA) is 80.5 Å². The summed E-state index contributed by atoms with van der Waals surface area (Å²) in [4.78, 5) is 37.3. The van der Waals surface area contributed by atoms with Crippen molar-refractivity contribution in [1.82, 2.24) is 0 Å². The lowest BCUT2D eigenvalue weighted by molar-refractivity contribution is -0.122. The van der Waals surface area contributed by atoms with Crippen LogP contribution in [0.4, 0.5) is 5.69 Å². The summed E-state index contributed by atoms with van der Waals surface area (Å²) in [5.74, 6) is -1.84. The fraction of sp³-hybridized carbons (Fsp3) is 0.267. The van der Waals surface area contributed by atoms with E-state index in [4.69, 9.17) is 17.3 Å². The van der Waals surface area contributed by atoms with Crippen LogP contribution in [0.2, 0.25) is 5.02 Å². The molecule has 2 N–H and O–H groups in total. The van der Waals surface area contributed by atoms with Gasteiger partial charge in [-0.15, -0.1) is 0 Å². The van der Waals surface area contributed by atoms with Gasteiger partial charge < -0.3 is 5.73 Å². The minimum Gasteiger partial charge on any atom is -0.366 e. The molecule has 2 aliphatic rings. The number of anilines is 1. The maximum atomic E-state index is 12.5. The summed E-state index contributed by atoms with van der Waals surface area (Å²) in [5, 5.41) is 0.244. The van der Waals surface area contributed by atoms with Gasteiger partial charge in [-0.25, -0.2) is 4.90 Å². The van der Waals surface area contributed by atoms with Gasteiger partial charge in [-0.2, -0.15) is 0 Å². The maximum Gasteiger partial charge on any atom is 0.248 e. The van der Waals surface area contributed by atoms with Crippen LogP contribution >= 0.6 is 11.6 Å². The Morgan fingerprint density at radius 3 is 2.24 bits per heavy atom. The molecule has 3 rings (SSSR count). The van der Waals surface area contributed by atoms with Gasteiger partial charge in [0.2, 0.25) is 17.7 Å². The monoisotopic (exact) mass is 304 g/mol. The second kappa shape index (κ2) is 5.00. The quantitative estimate of drug-likeness (QED) is 0.669. The first-order valence-corrected chi connectivity index (χ1v) is 7.00. The summed E-state index contributed by atoms with van der Waals surface area (Å²) in [6.45, 7) is 0. The number of allylic oxidation sites excluding steroid dienone is 2. The van der Waals surface area contributed by atoms with Crippen molar-refractivity contribution in [2.24, 2.45) is 17.6 Å². The molecule has 1 fully saturated rings. The van der Waals surface area contributed by atoms with E-state index in [0.29, 0.717) is 12.8 Å². The number of fused-ring (bicyclic) bond motifs is 1. The smallest absolute Gasteiger partial charge is 0.248 e. The lowest BCUT2D eigenvalue weighted by Crippen LogP contribution is -2.31. The molecule has 1 aromatic rings. The molecular formula is C15H13ClN2O3. The molecule has 1 saturated heterocycles. The molecule has 0 bridgehead atoms. The third-order valence-electron chi connectivity index (χ3n) is 3.98. The third kappa shape index (κ3) is 2.14. The first-order valence-electron chi connectivity index (χ1n) is 6.63. The maximum absolute atomic E-state index is 12.5. The fourth-order valence-electron chi connectivity index (χ4n) is 2.88. The van der Waals surface area contributed by atoms with E-state index in [1.807, 2.05) is 12.2 Å². The van der Waals surface area contributed by atoms with Crippen LogP contribution in [-0.4, -0.2) is 17.7 Å². The number of imide groups is 1. The standard InChI is InChI=1S/C15H13ClN2O3/c16-11-6-5-8(13(17)19)7-12(11)18-14(20)9-3-1-2-4-10(9)15(18)21/h1-2,5-7,9-10H,3-4H2,(H2,17,19)/t9-,10-/m1/s1. The minimum absolute atomic E-state index is 0.211. The Morgan fingerprint density at radius 1 is 1.14 bits per heavy atom. The van der Waals surface area contributed by atoms with Crippen LogP contribution in [0.1, 0.15) is 23.2 Å². The van der Waals surface area contributed by atoms with Gasteiger partial charge in [-0.3, -0.25) is 14.4 Å². The number of hydrogen-bond acceptors (Lipinski definition) is 3. The summed E-state index contributed by atoms with van der Waals surface area (Å²) in [7, 11) is 0. The highest BCUT2D eigenvalue weighted by Crippen LogP contribution is 2.40. The van der Waals surface area contributed by atoms with E-state index in [2.05, 4.69) is 0 Å². The molecule has 0 saturated carbocycles. The van der Waals surface area contributed by atoms with Crippen LogP contribution in [0.25, 0.3) is 0 Å². The second-order valence-corrected chi connectivity index (χ2v) is 5.61. The van der Waals surface area contributed by atoms with Gasteiger partial charge in [0.1, 0.15) is 0 Å². The number of primary amides is 1. The van der Waals surface area contributed by atoms with Crippen molar-refractivity contribution in [3.05, 3.63) is 40.9 Å². The van der Waals surface area contributed by atoms with Gasteiger partial charge in [0.05, 0.1) is 22.5 Å². The normalized spacial score (nSPS) is 24.3. The Morgan fingerprint density at radius 2 is 1.71 bits per heavy atom. The molecule has 108 valence electrons. The number of carbonyl (C=O) groups is 3. The first kappa shape index (κ1) is 13.8. The van der Waals surface area contributed by atoms with E-state index in [1.165, 1.54) is 18.2 Å². The lowest BCUT2D eigenvalue weighted by atomic mass is 9.85. The Balaban J connectivity index is 2.05. The SMILES string of the molecule is NC(=O)c1ccc(Cl)c(N2C(=O)[C@@H]3CC=CC[C@H]3C2=O)c1. The number of rotatable bonds is 2. The van der Waals surface area contributed by atoms with Crippen LogP contribution in [-0.2, 0) is 9.59 Å². The highest BCUT2D eigenvalue weighted by atomic mass is 35.5. The van der Waals surface area contributed by atoms with Gasteiger partial charge in [0.25, 0.3) is 0 Å². The lowest BCUT2D eigenvalue weighted by Gasteiger charge is -2.17. The van der Waals surface area contributed by atoms with E-state index in [1.54, 1.807) is 0 Å². The highest BCUT2D eigenvalue weighted by molar-refractivity contribution is 6.36. The summed E-state index contributed by atoms with van der Waals surface area (Å²) in [6.07, 6.45) is 4.94. The predicted molar refractivity (Wildman–Crippen MR) is 77.8 cm³/mol. The molecule has 21 heavy (non-hydrogen) atoms. The molecule has 0 unspecified atom stereocenters. The summed E-state index contributed by atoms with van der Waals surface area (Å²) in [5.41, 5.74) is 5.68. The first-order chi connectivity index (χ1) is 10.0. The van der Waals surface area contributed by atoms with Gasteiger partial charge >= 0.3 is 0 Å². The molecule has 1 aromatic carbocycles. The molecule has 0 aromatic heterocycles. The van der Waals surface area contributed by atoms with Crippen LogP contribution in [0.3, 0.4) is 0 Å². The Kier molecular flexibility index (Phi) is 3.29. The average molecular weight is 305 g/mol. The number of hydrogen-bond donors (Lipinski definition) is 1. The molecule has 1 aliphatic carbocycles. The molecule has 1 aliphatic heterocycles. The van der Waals surface area contributed by atoms with Crippen molar-refractivity contribution in [3.8, 4) is 0 Å². The van der Waals surface area contributed by atoms with Gasteiger partial charge in [-0.05, 0) is 31.0 Å². The number of nitrogens with two attached hydrogens (primary N) is 1. The molecular weight excluding hydrogens is 292 g/mol. The molecule has 0 spiro atoms. The number of carbonyl (C=O) groups excluding carboxylic acids is 3. The molecule has 5 nitrogen and oxygen atoms in total. The van der Waals surface area contributed by atoms with Crippen molar-refractivity contribution in [2.45, 2.75) is 12.8 Å². The zero-order valence-corrected chi connectivity index (χ0v) is 11.8. The predicted octanol–water partition coefficient (Wildman–Crippen LogP) is 1.89. The molecule has 1 heterocycles. The number of benzene rings is 1. The highest BCUT2D eigenvalue weighted by Gasteiger charge is 2.48.